The van der Waals surface area contributed by atoms with E-state index in [9.17, 15) is 13.6 Å². The Balaban J connectivity index is 1.68. The minimum atomic E-state index is -0.373. The number of halogens is 2. The number of hydrogen-bond acceptors (Lipinski definition) is 1. The highest BCUT2D eigenvalue weighted by molar-refractivity contribution is 5.95. The fraction of sp³-hybridized carbons (Fsp3) is 0.235. The first-order valence-electron chi connectivity index (χ1n) is 6.87. The third-order valence-electron chi connectivity index (χ3n) is 3.88. The molecule has 2 atom stereocenters. The monoisotopic (exact) mass is 287 g/mol. The molecule has 0 aromatic heterocycles. The van der Waals surface area contributed by atoms with Crippen LogP contribution in [0.5, 0.6) is 0 Å². The van der Waals surface area contributed by atoms with Gasteiger partial charge in [-0.25, -0.2) is 8.78 Å². The van der Waals surface area contributed by atoms with Crippen LogP contribution in [0, 0.1) is 24.5 Å². The number of carbonyl (C=O) groups excluding carboxylic acids is 1. The highest BCUT2D eigenvalue weighted by Gasteiger charge is 2.43. The van der Waals surface area contributed by atoms with Gasteiger partial charge in [0.05, 0.1) is 0 Å². The van der Waals surface area contributed by atoms with Crippen molar-refractivity contribution in [3.63, 3.8) is 0 Å². The van der Waals surface area contributed by atoms with E-state index in [-0.39, 0.29) is 29.4 Å². The molecule has 2 unspecified atom stereocenters. The Hall–Kier alpha value is -2.23. The molecule has 0 spiro atoms. The van der Waals surface area contributed by atoms with Crippen LogP contribution in [0.15, 0.2) is 42.5 Å². The molecule has 0 bridgehead atoms. The Labute approximate surface area is 121 Å². The molecule has 1 fully saturated rings. The summed E-state index contributed by atoms with van der Waals surface area (Å²) in [6.07, 6.45) is 0.742. The number of anilines is 1. The Morgan fingerprint density at radius 3 is 2.48 bits per heavy atom. The summed E-state index contributed by atoms with van der Waals surface area (Å²) in [5.41, 5.74) is 2.29. The molecule has 1 aliphatic carbocycles. The van der Waals surface area contributed by atoms with Gasteiger partial charge in [-0.15, -0.1) is 0 Å². The van der Waals surface area contributed by atoms with Crippen LogP contribution in [0.25, 0.3) is 0 Å². The normalized spacial score (nSPS) is 20.1. The van der Waals surface area contributed by atoms with Crippen LogP contribution in [0.2, 0.25) is 0 Å². The second-order valence-electron chi connectivity index (χ2n) is 5.45. The van der Waals surface area contributed by atoms with Crippen molar-refractivity contribution in [2.45, 2.75) is 19.3 Å². The van der Waals surface area contributed by atoms with E-state index >= 15 is 0 Å². The molecule has 1 aliphatic rings. The summed E-state index contributed by atoms with van der Waals surface area (Å²) < 4.78 is 26.1. The van der Waals surface area contributed by atoms with E-state index in [1.165, 1.54) is 24.3 Å². The largest absolute Gasteiger partial charge is 0.325 e. The lowest BCUT2D eigenvalue weighted by atomic mass is 10.1. The van der Waals surface area contributed by atoms with Crippen LogP contribution >= 0.6 is 0 Å². The molecule has 4 heteroatoms. The van der Waals surface area contributed by atoms with Crippen molar-refractivity contribution in [3.05, 3.63) is 65.2 Å². The van der Waals surface area contributed by atoms with Gasteiger partial charge in [0.1, 0.15) is 11.6 Å². The average Bonchev–Trinajstić information content (AvgIpc) is 3.24. The predicted octanol–water partition coefficient (Wildman–Crippen LogP) is 4.02. The molecule has 1 saturated carbocycles. The lowest BCUT2D eigenvalue weighted by Gasteiger charge is -2.08. The fourth-order valence-corrected chi connectivity index (χ4v) is 2.52. The molecular weight excluding hydrogens is 272 g/mol. The van der Waals surface area contributed by atoms with E-state index in [4.69, 9.17) is 0 Å². The number of nitrogens with one attached hydrogen (secondary N) is 1. The van der Waals surface area contributed by atoms with Gasteiger partial charge in [-0.05, 0) is 54.7 Å². The average molecular weight is 287 g/mol. The molecule has 1 amide bonds. The lowest BCUT2D eigenvalue weighted by Crippen LogP contribution is -2.15. The van der Waals surface area contributed by atoms with Gasteiger partial charge in [0.2, 0.25) is 5.91 Å². The molecule has 0 heterocycles. The SMILES string of the molecule is Cc1ccc(F)cc1NC(=O)C1CC1c1ccc(F)cc1. The van der Waals surface area contributed by atoms with Gasteiger partial charge in [0.15, 0.2) is 0 Å². The molecular formula is C17H15F2NO. The Morgan fingerprint density at radius 2 is 1.76 bits per heavy atom. The second kappa shape index (κ2) is 5.28. The summed E-state index contributed by atoms with van der Waals surface area (Å²) in [6.45, 7) is 1.82. The van der Waals surface area contributed by atoms with Crippen LogP contribution < -0.4 is 5.32 Å². The zero-order valence-corrected chi connectivity index (χ0v) is 11.6. The van der Waals surface area contributed by atoms with Crippen molar-refractivity contribution < 1.29 is 13.6 Å². The topological polar surface area (TPSA) is 29.1 Å². The van der Waals surface area contributed by atoms with Gasteiger partial charge < -0.3 is 5.32 Å². The zero-order valence-electron chi connectivity index (χ0n) is 11.6. The Bertz CT molecular complexity index is 682. The number of rotatable bonds is 3. The summed E-state index contributed by atoms with van der Waals surface area (Å²) in [7, 11) is 0. The van der Waals surface area contributed by atoms with Gasteiger partial charge >= 0.3 is 0 Å². The molecule has 1 N–H and O–H groups in total. The molecule has 2 nitrogen and oxygen atoms in total. The predicted molar refractivity (Wildman–Crippen MR) is 77.0 cm³/mol. The molecule has 21 heavy (non-hydrogen) atoms. The Morgan fingerprint density at radius 1 is 1.10 bits per heavy atom. The first-order valence-corrected chi connectivity index (χ1v) is 6.87. The van der Waals surface area contributed by atoms with Gasteiger partial charge in [0, 0.05) is 11.6 Å². The quantitative estimate of drug-likeness (QED) is 0.907. The molecule has 2 aromatic rings. The maximum atomic E-state index is 13.2. The van der Waals surface area contributed by atoms with Gasteiger partial charge in [-0.1, -0.05) is 18.2 Å². The summed E-state index contributed by atoms with van der Waals surface area (Å²) in [4.78, 5) is 12.2. The first kappa shape index (κ1) is 13.7. The van der Waals surface area contributed by atoms with E-state index in [2.05, 4.69) is 5.32 Å². The van der Waals surface area contributed by atoms with E-state index in [1.807, 2.05) is 6.92 Å². The van der Waals surface area contributed by atoms with Crippen LogP contribution in [0.4, 0.5) is 14.5 Å². The fourth-order valence-electron chi connectivity index (χ4n) is 2.52. The van der Waals surface area contributed by atoms with Crippen LogP contribution in [-0.2, 0) is 4.79 Å². The maximum absolute atomic E-state index is 13.2. The van der Waals surface area contributed by atoms with Crippen molar-refractivity contribution >= 4 is 11.6 Å². The van der Waals surface area contributed by atoms with Crippen molar-refractivity contribution in [2.75, 3.05) is 5.32 Å². The van der Waals surface area contributed by atoms with E-state index in [1.54, 1.807) is 18.2 Å². The minimum Gasteiger partial charge on any atom is -0.325 e. The number of hydrogen-bond donors (Lipinski definition) is 1. The molecule has 3 rings (SSSR count). The van der Waals surface area contributed by atoms with Crippen LogP contribution in [0.3, 0.4) is 0 Å². The van der Waals surface area contributed by atoms with Crippen molar-refractivity contribution in [1.82, 2.24) is 0 Å². The van der Waals surface area contributed by atoms with Crippen LogP contribution in [0.1, 0.15) is 23.5 Å². The van der Waals surface area contributed by atoms with Crippen molar-refractivity contribution in [1.29, 1.82) is 0 Å². The summed E-state index contributed by atoms with van der Waals surface area (Å²) in [5, 5.41) is 2.77. The third kappa shape index (κ3) is 2.94. The minimum absolute atomic E-state index is 0.113. The molecule has 0 aliphatic heterocycles. The standard InChI is InChI=1S/C17H15F2NO/c1-10-2-5-13(19)8-16(10)20-17(21)15-9-14(15)11-3-6-12(18)7-4-11/h2-8,14-15H,9H2,1H3,(H,20,21). The van der Waals surface area contributed by atoms with E-state index in [0.717, 1.165) is 17.5 Å². The van der Waals surface area contributed by atoms with Crippen LogP contribution in [-0.4, -0.2) is 5.91 Å². The van der Waals surface area contributed by atoms with E-state index in [0.29, 0.717) is 5.69 Å². The molecule has 0 radical (unpaired) electrons. The van der Waals surface area contributed by atoms with Crippen molar-refractivity contribution in [2.24, 2.45) is 5.92 Å². The Kier molecular flexibility index (Phi) is 3.45. The lowest BCUT2D eigenvalue weighted by molar-refractivity contribution is -0.117. The van der Waals surface area contributed by atoms with E-state index < -0.39 is 0 Å². The number of carbonyl (C=O) groups is 1. The van der Waals surface area contributed by atoms with Crippen molar-refractivity contribution in [3.8, 4) is 0 Å². The third-order valence-corrected chi connectivity index (χ3v) is 3.88. The zero-order chi connectivity index (χ0) is 15.0. The number of aryl methyl sites for hydroxylation is 1. The summed E-state index contributed by atoms with van der Waals surface area (Å²) in [6, 6.07) is 10.5. The second-order valence-corrected chi connectivity index (χ2v) is 5.45. The van der Waals surface area contributed by atoms with Gasteiger partial charge in [0.25, 0.3) is 0 Å². The maximum Gasteiger partial charge on any atom is 0.228 e. The van der Waals surface area contributed by atoms with Gasteiger partial charge in [-0.2, -0.15) is 0 Å². The molecule has 108 valence electrons. The number of benzene rings is 2. The first-order chi connectivity index (χ1) is 10.0. The molecule has 2 aromatic carbocycles. The number of amides is 1. The smallest absolute Gasteiger partial charge is 0.228 e. The highest BCUT2D eigenvalue weighted by Crippen LogP contribution is 2.48. The highest BCUT2D eigenvalue weighted by atomic mass is 19.1. The molecule has 0 saturated heterocycles. The summed E-state index contributed by atoms with van der Waals surface area (Å²) >= 11 is 0. The van der Waals surface area contributed by atoms with Gasteiger partial charge in [-0.3, -0.25) is 4.79 Å². The summed E-state index contributed by atoms with van der Waals surface area (Å²) in [5.74, 6) is -0.770.